The minimum Gasteiger partial charge on any atom is -0.478 e. The number of rotatable bonds is 4. The Morgan fingerprint density at radius 3 is 2.00 bits per heavy atom. The minimum atomic E-state index is -1.09. The first kappa shape index (κ1) is 16.7. The number of benzene rings is 3. The van der Waals surface area contributed by atoms with E-state index in [0.717, 1.165) is 11.3 Å². The molecule has 0 aliphatic heterocycles. The van der Waals surface area contributed by atoms with Gasteiger partial charge in [0.25, 0.3) is 0 Å². The van der Waals surface area contributed by atoms with Crippen LogP contribution in [0.4, 0.5) is 4.39 Å². The first-order valence-electron chi connectivity index (χ1n) is 8.38. The first-order chi connectivity index (χ1) is 13.1. The summed E-state index contributed by atoms with van der Waals surface area (Å²) >= 11 is 0. The van der Waals surface area contributed by atoms with Gasteiger partial charge in [-0.2, -0.15) is 5.10 Å². The molecule has 27 heavy (non-hydrogen) atoms. The van der Waals surface area contributed by atoms with Gasteiger partial charge in [-0.25, -0.2) is 13.9 Å². The molecule has 1 N–H and O–H groups in total. The number of hydrogen-bond donors (Lipinski definition) is 1. The average molecular weight is 358 g/mol. The summed E-state index contributed by atoms with van der Waals surface area (Å²) in [5, 5.41) is 14.5. The van der Waals surface area contributed by atoms with Crippen molar-refractivity contribution in [3.05, 3.63) is 96.3 Å². The van der Waals surface area contributed by atoms with Crippen LogP contribution in [0.25, 0.3) is 28.2 Å². The van der Waals surface area contributed by atoms with Gasteiger partial charge in [0, 0.05) is 11.1 Å². The van der Waals surface area contributed by atoms with Gasteiger partial charge >= 0.3 is 5.97 Å². The predicted molar refractivity (Wildman–Crippen MR) is 101 cm³/mol. The van der Waals surface area contributed by atoms with Crippen molar-refractivity contribution < 1.29 is 14.3 Å². The lowest BCUT2D eigenvalue weighted by Crippen LogP contribution is -2.03. The van der Waals surface area contributed by atoms with Crippen LogP contribution in [0.2, 0.25) is 0 Å². The van der Waals surface area contributed by atoms with Gasteiger partial charge in [0.2, 0.25) is 0 Å². The quantitative estimate of drug-likeness (QED) is 0.556. The van der Waals surface area contributed by atoms with Crippen LogP contribution < -0.4 is 0 Å². The molecule has 4 nitrogen and oxygen atoms in total. The number of halogens is 1. The molecule has 0 saturated heterocycles. The Morgan fingerprint density at radius 1 is 0.815 bits per heavy atom. The zero-order valence-electron chi connectivity index (χ0n) is 14.2. The molecule has 132 valence electrons. The van der Waals surface area contributed by atoms with Crippen LogP contribution >= 0.6 is 0 Å². The van der Waals surface area contributed by atoms with Crippen molar-refractivity contribution >= 4 is 5.97 Å². The van der Waals surface area contributed by atoms with E-state index in [4.69, 9.17) is 0 Å². The monoisotopic (exact) mass is 358 g/mol. The predicted octanol–water partition coefficient (Wildman–Crippen LogP) is 5.04. The maximum Gasteiger partial charge on any atom is 0.340 e. The summed E-state index contributed by atoms with van der Waals surface area (Å²) in [4.78, 5) is 12.2. The Hall–Kier alpha value is -3.73. The highest BCUT2D eigenvalue weighted by atomic mass is 19.1. The van der Waals surface area contributed by atoms with Crippen LogP contribution in [0.3, 0.4) is 0 Å². The molecule has 1 aromatic heterocycles. The molecule has 0 atom stereocenters. The van der Waals surface area contributed by atoms with Crippen LogP contribution in [0.5, 0.6) is 0 Å². The smallest absolute Gasteiger partial charge is 0.340 e. The largest absolute Gasteiger partial charge is 0.478 e. The van der Waals surface area contributed by atoms with Crippen LogP contribution in [0.1, 0.15) is 10.4 Å². The summed E-state index contributed by atoms with van der Waals surface area (Å²) in [5.41, 5.74) is 2.88. The average Bonchev–Trinajstić information content (AvgIpc) is 3.11. The van der Waals surface area contributed by atoms with Gasteiger partial charge in [0.15, 0.2) is 0 Å². The zero-order valence-corrected chi connectivity index (χ0v) is 14.2. The molecule has 0 unspecified atom stereocenters. The van der Waals surface area contributed by atoms with E-state index in [-0.39, 0.29) is 11.4 Å². The summed E-state index contributed by atoms with van der Waals surface area (Å²) in [6, 6.07) is 24.3. The fourth-order valence-corrected chi connectivity index (χ4v) is 3.05. The first-order valence-corrected chi connectivity index (χ1v) is 8.38. The second-order valence-corrected chi connectivity index (χ2v) is 6.00. The van der Waals surface area contributed by atoms with Crippen molar-refractivity contribution in [1.29, 1.82) is 0 Å². The van der Waals surface area contributed by atoms with Crippen LogP contribution in [-0.2, 0) is 0 Å². The molecule has 1 heterocycles. The van der Waals surface area contributed by atoms with Crippen molar-refractivity contribution in [3.63, 3.8) is 0 Å². The number of carboxylic acid groups (broad SMARTS) is 1. The van der Waals surface area contributed by atoms with E-state index in [0.29, 0.717) is 17.0 Å². The Kier molecular flexibility index (Phi) is 4.26. The molecule has 0 aliphatic carbocycles. The van der Waals surface area contributed by atoms with Gasteiger partial charge in [-0.1, -0.05) is 48.5 Å². The zero-order chi connectivity index (χ0) is 18.8. The molecule has 0 saturated carbocycles. The number of hydrogen-bond acceptors (Lipinski definition) is 2. The van der Waals surface area contributed by atoms with Crippen molar-refractivity contribution in [2.75, 3.05) is 0 Å². The second-order valence-electron chi connectivity index (χ2n) is 6.00. The number of para-hydroxylation sites is 1. The Labute approximate surface area is 155 Å². The maximum absolute atomic E-state index is 13.3. The van der Waals surface area contributed by atoms with E-state index in [2.05, 4.69) is 5.10 Å². The highest BCUT2D eigenvalue weighted by molar-refractivity contribution is 6.01. The molecule has 4 rings (SSSR count). The van der Waals surface area contributed by atoms with Crippen LogP contribution in [0.15, 0.2) is 84.9 Å². The molecule has 3 aromatic carbocycles. The van der Waals surface area contributed by atoms with Crippen molar-refractivity contribution in [1.82, 2.24) is 9.78 Å². The second kappa shape index (κ2) is 6.88. The summed E-state index contributed by atoms with van der Waals surface area (Å²) in [7, 11) is 0. The Morgan fingerprint density at radius 2 is 1.41 bits per heavy atom. The molecule has 0 radical (unpaired) electrons. The SMILES string of the molecule is O=C(O)c1c(-c2ccc(F)cc2)nn(-c2ccccc2)c1-c1ccccc1. The highest BCUT2D eigenvalue weighted by Crippen LogP contribution is 2.34. The lowest BCUT2D eigenvalue weighted by Gasteiger charge is -2.08. The number of nitrogens with zero attached hydrogens (tertiary/aromatic N) is 2. The Bertz CT molecular complexity index is 1090. The molecular formula is C22H15FN2O2. The molecule has 0 spiro atoms. The lowest BCUT2D eigenvalue weighted by atomic mass is 10.0. The van der Waals surface area contributed by atoms with E-state index >= 15 is 0 Å². The van der Waals surface area contributed by atoms with Gasteiger partial charge in [-0.3, -0.25) is 0 Å². The van der Waals surface area contributed by atoms with Gasteiger partial charge in [-0.15, -0.1) is 0 Å². The summed E-state index contributed by atoms with van der Waals surface area (Å²) < 4.78 is 15.0. The fraction of sp³-hybridized carbons (Fsp3) is 0. The van der Waals surface area contributed by atoms with E-state index < -0.39 is 5.97 Å². The molecular weight excluding hydrogens is 343 g/mol. The standard InChI is InChI=1S/C22H15FN2O2/c23-17-13-11-15(12-14-17)20-19(22(26)27)21(16-7-3-1-4-8-16)25(24-20)18-9-5-2-6-10-18/h1-14H,(H,26,27). The minimum absolute atomic E-state index is 0.0802. The summed E-state index contributed by atoms with van der Waals surface area (Å²) in [6.07, 6.45) is 0. The number of aromatic carboxylic acids is 1. The van der Waals surface area contributed by atoms with Crippen LogP contribution in [-0.4, -0.2) is 20.9 Å². The number of aromatic nitrogens is 2. The molecule has 0 fully saturated rings. The van der Waals surface area contributed by atoms with Crippen LogP contribution in [0, 0.1) is 5.82 Å². The van der Waals surface area contributed by atoms with Gasteiger partial charge in [0.05, 0.1) is 11.4 Å². The normalized spacial score (nSPS) is 10.7. The van der Waals surface area contributed by atoms with E-state index in [1.165, 1.54) is 24.3 Å². The van der Waals surface area contributed by atoms with Gasteiger partial charge < -0.3 is 5.11 Å². The summed E-state index contributed by atoms with van der Waals surface area (Å²) in [6.45, 7) is 0. The van der Waals surface area contributed by atoms with Gasteiger partial charge in [-0.05, 0) is 36.4 Å². The highest BCUT2D eigenvalue weighted by Gasteiger charge is 2.26. The van der Waals surface area contributed by atoms with E-state index in [1.807, 2.05) is 60.7 Å². The molecule has 5 heteroatoms. The van der Waals surface area contributed by atoms with Crippen molar-refractivity contribution in [2.24, 2.45) is 0 Å². The third kappa shape index (κ3) is 3.11. The topological polar surface area (TPSA) is 55.1 Å². The Balaban J connectivity index is 2.05. The number of carboxylic acids is 1. The third-order valence-electron chi connectivity index (χ3n) is 4.26. The van der Waals surface area contributed by atoms with Crippen molar-refractivity contribution in [2.45, 2.75) is 0 Å². The maximum atomic E-state index is 13.3. The number of carbonyl (C=O) groups is 1. The lowest BCUT2D eigenvalue weighted by molar-refractivity contribution is 0.0698. The fourth-order valence-electron chi connectivity index (χ4n) is 3.05. The molecule has 0 aliphatic rings. The molecule has 4 aromatic rings. The third-order valence-corrected chi connectivity index (χ3v) is 4.26. The van der Waals surface area contributed by atoms with E-state index in [9.17, 15) is 14.3 Å². The summed E-state index contributed by atoms with van der Waals surface area (Å²) in [5.74, 6) is -1.48. The van der Waals surface area contributed by atoms with E-state index in [1.54, 1.807) is 4.68 Å². The molecule has 0 bridgehead atoms. The van der Waals surface area contributed by atoms with Gasteiger partial charge in [0.1, 0.15) is 17.1 Å². The molecule has 0 amide bonds. The van der Waals surface area contributed by atoms with Crippen molar-refractivity contribution in [3.8, 4) is 28.2 Å².